The zero-order valence-corrected chi connectivity index (χ0v) is 9.84. The smallest absolute Gasteiger partial charge is 0.248 e. The van der Waals surface area contributed by atoms with Gasteiger partial charge in [0.15, 0.2) is 5.76 Å². The van der Waals surface area contributed by atoms with Gasteiger partial charge in [0.2, 0.25) is 10.0 Å². The SMILES string of the molecule is Cc1noc(C)c1S(=O)(=O)N(C)C1CC1. The number of aryl methyl sites for hydroxylation is 2. The van der Waals surface area contributed by atoms with Gasteiger partial charge in [-0.25, -0.2) is 8.42 Å². The van der Waals surface area contributed by atoms with Gasteiger partial charge in [-0.05, 0) is 26.7 Å². The van der Waals surface area contributed by atoms with E-state index in [4.69, 9.17) is 4.52 Å². The molecule has 1 aromatic heterocycles. The van der Waals surface area contributed by atoms with Crippen LogP contribution in [0.25, 0.3) is 0 Å². The Bertz CT molecular complexity index is 454. The second kappa shape index (κ2) is 3.31. The normalized spacial score (nSPS) is 17.3. The Morgan fingerprint density at radius 1 is 1.40 bits per heavy atom. The monoisotopic (exact) mass is 230 g/mol. The average Bonchev–Trinajstić information content (AvgIpc) is 2.92. The van der Waals surface area contributed by atoms with E-state index in [2.05, 4.69) is 5.16 Å². The van der Waals surface area contributed by atoms with Gasteiger partial charge in [-0.3, -0.25) is 0 Å². The number of rotatable bonds is 3. The summed E-state index contributed by atoms with van der Waals surface area (Å²) in [4.78, 5) is 0.219. The molecule has 0 radical (unpaired) electrons. The van der Waals surface area contributed by atoms with Gasteiger partial charge in [0, 0.05) is 13.1 Å². The second-order valence-electron chi connectivity index (χ2n) is 3.91. The molecule has 0 N–H and O–H groups in total. The molecule has 5 nitrogen and oxygen atoms in total. The van der Waals surface area contributed by atoms with E-state index in [0.717, 1.165) is 12.8 Å². The van der Waals surface area contributed by atoms with Crippen molar-refractivity contribution in [3.05, 3.63) is 11.5 Å². The highest BCUT2D eigenvalue weighted by atomic mass is 32.2. The zero-order valence-electron chi connectivity index (χ0n) is 9.02. The van der Waals surface area contributed by atoms with Crippen molar-refractivity contribution in [3.8, 4) is 0 Å². The Morgan fingerprint density at radius 3 is 2.40 bits per heavy atom. The van der Waals surface area contributed by atoms with Crippen molar-refractivity contribution >= 4 is 10.0 Å². The highest BCUT2D eigenvalue weighted by molar-refractivity contribution is 7.89. The summed E-state index contributed by atoms with van der Waals surface area (Å²) in [5.41, 5.74) is 0.431. The number of nitrogens with zero attached hydrogens (tertiary/aromatic N) is 2. The Morgan fingerprint density at radius 2 is 2.00 bits per heavy atom. The van der Waals surface area contributed by atoms with Gasteiger partial charge in [-0.15, -0.1) is 0 Å². The highest BCUT2D eigenvalue weighted by Gasteiger charge is 2.37. The minimum atomic E-state index is -3.42. The van der Waals surface area contributed by atoms with E-state index < -0.39 is 10.0 Å². The fourth-order valence-electron chi connectivity index (χ4n) is 1.62. The lowest BCUT2D eigenvalue weighted by Gasteiger charge is -2.15. The molecular formula is C9H14N2O3S. The Kier molecular flexibility index (Phi) is 2.35. The molecule has 0 atom stereocenters. The van der Waals surface area contributed by atoms with Crippen LogP contribution in [0.3, 0.4) is 0 Å². The molecule has 1 aromatic rings. The van der Waals surface area contributed by atoms with E-state index in [1.807, 2.05) is 0 Å². The first-order valence-electron chi connectivity index (χ1n) is 4.85. The molecule has 0 amide bonds. The van der Waals surface area contributed by atoms with Crippen LogP contribution in [0.15, 0.2) is 9.42 Å². The van der Waals surface area contributed by atoms with E-state index >= 15 is 0 Å². The molecule has 6 heteroatoms. The van der Waals surface area contributed by atoms with Crippen LogP contribution >= 0.6 is 0 Å². The molecule has 1 saturated carbocycles. The van der Waals surface area contributed by atoms with E-state index in [1.165, 1.54) is 4.31 Å². The van der Waals surface area contributed by atoms with Crippen LogP contribution in [0.2, 0.25) is 0 Å². The minimum absolute atomic E-state index is 0.156. The maximum atomic E-state index is 12.1. The summed E-state index contributed by atoms with van der Waals surface area (Å²) in [5.74, 6) is 0.361. The summed E-state index contributed by atoms with van der Waals surface area (Å²) in [5, 5.41) is 3.66. The van der Waals surface area contributed by atoms with Gasteiger partial charge in [-0.1, -0.05) is 5.16 Å². The lowest BCUT2D eigenvalue weighted by atomic mass is 10.4. The maximum absolute atomic E-state index is 12.1. The first kappa shape index (κ1) is 10.6. The molecule has 0 bridgehead atoms. The third kappa shape index (κ3) is 1.68. The molecule has 0 aromatic carbocycles. The fourth-order valence-corrected chi connectivity index (χ4v) is 3.32. The molecule has 2 rings (SSSR count). The predicted octanol–water partition coefficient (Wildman–Crippen LogP) is 1.07. The van der Waals surface area contributed by atoms with Crippen molar-refractivity contribution < 1.29 is 12.9 Å². The van der Waals surface area contributed by atoms with Crippen molar-refractivity contribution in [1.82, 2.24) is 9.46 Å². The Labute approximate surface area is 89.1 Å². The fraction of sp³-hybridized carbons (Fsp3) is 0.667. The maximum Gasteiger partial charge on any atom is 0.248 e. The lowest BCUT2D eigenvalue weighted by molar-refractivity contribution is 0.389. The summed E-state index contributed by atoms with van der Waals surface area (Å²) in [6, 6.07) is 0.156. The van der Waals surface area contributed by atoms with Gasteiger partial charge in [-0.2, -0.15) is 4.31 Å². The standard InChI is InChI=1S/C9H14N2O3S/c1-6-9(7(2)14-10-6)15(12,13)11(3)8-4-5-8/h8H,4-5H2,1-3H3. The molecule has 0 saturated heterocycles. The van der Waals surface area contributed by atoms with Gasteiger partial charge in [0.1, 0.15) is 10.6 Å². The van der Waals surface area contributed by atoms with Crippen molar-refractivity contribution in [2.24, 2.45) is 0 Å². The summed E-state index contributed by atoms with van der Waals surface area (Å²) < 4.78 is 30.6. The summed E-state index contributed by atoms with van der Waals surface area (Å²) in [6.45, 7) is 3.26. The van der Waals surface area contributed by atoms with Crippen LogP contribution in [0.1, 0.15) is 24.3 Å². The van der Waals surface area contributed by atoms with Gasteiger partial charge >= 0.3 is 0 Å². The Balaban J connectivity index is 2.45. The summed E-state index contributed by atoms with van der Waals surface area (Å²) >= 11 is 0. The van der Waals surface area contributed by atoms with E-state index in [9.17, 15) is 8.42 Å². The van der Waals surface area contributed by atoms with Crippen molar-refractivity contribution in [3.63, 3.8) is 0 Å². The number of hydrogen-bond donors (Lipinski definition) is 0. The molecule has 1 fully saturated rings. The number of aromatic nitrogens is 1. The minimum Gasteiger partial charge on any atom is -0.360 e. The van der Waals surface area contributed by atoms with E-state index in [-0.39, 0.29) is 10.9 Å². The van der Waals surface area contributed by atoms with E-state index in [1.54, 1.807) is 20.9 Å². The molecule has 0 spiro atoms. The first-order chi connectivity index (χ1) is 6.94. The molecule has 1 aliphatic carbocycles. The third-order valence-electron chi connectivity index (χ3n) is 2.67. The van der Waals surface area contributed by atoms with E-state index in [0.29, 0.717) is 11.5 Å². The zero-order chi connectivity index (χ0) is 11.2. The molecule has 1 heterocycles. The molecule has 84 valence electrons. The van der Waals surface area contributed by atoms with Gasteiger partial charge < -0.3 is 4.52 Å². The Hall–Kier alpha value is -0.880. The van der Waals surface area contributed by atoms with Crippen LogP contribution in [0.5, 0.6) is 0 Å². The third-order valence-corrected chi connectivity index (χ3v) is 4.82. The van der Waals surface area contributed by atoms with Crippen LogP contribution < -0.4 is 0 Å². The van der Waals surface area contributed by atoms with Crippen molar-refractivity contribution in [2.75, 3.05) is 7.05 Å². The van der Waals surface area contributed by atoms with Crippen LogP contribution in [-0.2, 0) is 10.0 Å². The number of hydrogen-bond acceptors (Lipinski definition) is 4. The average molecular weight is 230 g/mol. The lowest BCUT2D eigenvalue weighted by Crippen LogP contribution is -2.29. The molecule has 0 aliphatic heterocycles. The number of sulfonamides is 1. The largest absolute Gasteiger partial charge is 0.360 e. The highest BCUT2D eigenvalue weighted by Crippen LogP contribution is 2.32. The van der Waals surface area contributed by atoms with Crippen LogP contribution in [-0.4, -0.2) is 31.0 Å². The molecular weight excluding hydrogens is 216 g/mol. The van der Waals surface area contributed by atoms with Crippen molar-refractivity contribution in [2.45, 2.75) is 37.6 Å². The summed E-state index contributed by atoms with van der Waals surface area (Å²) in [6.07, 6.45) is 1.89. The molecule has 1 aliphatic rings. The van der Waals surface area contributed by atoms with Gasteiger partial charge in [0.25, 0.3) is 0 Å². The topological polar surface area (TPSA) is 63.4 Å². The second-order valence-corrected chi connectivity index (χ2v) is 5.84. The first-order valence-corrected chi connectivity index (χ1v) is 6.29. The van der Waals surface area contributed by atoms with Crippen LogP contribution in [0.4, 0.5) is 0 Å². The van der Waals surface area contributed by atoms with Crippen molar-refractivity contribution in [1.29, 1.82) is 0 Å². The molecule has 0 unspecified atom stereocenters. The summed E-state index contributed by atoms with van der Waals surface area (Å²) in [7, 11) is -1.81. The predicted molar refractivity (Wildman–Crippen MR) is 53.9 cm³/mol. The quantitative estimate of drug-likeness (QED) is 0.779. The van der Waals surface area contributed by atoms with Gasteiger partial charge in [0.05, 0.1) is 0 Å². The van der Waals surface area contributed by atoms with Crippen LogP contribution in [0, 0.1) is 13.8 Å². The molecule has 15 heavy (non-hydrogen) atoms.